The summed E-state index contributed by atoms with van der Waals surface area (Å²) in [5, 5.41) is 0. The second kappa shape index (κ2) is 5.72. The molecule has 0 amide bonds. The maximum Gasteiger partial charge on any atom is 0.142 e. The van der Waals surface area contributed by atoms with Crippen molar-refractivity contribution in [2.24, 2.45) is 5.92 Å². The van der Waals surface area contributed by atoms with E-state index in [2.05, 4.69) is 5.92 Å². The van der Waals surface area contributed by atoms with Gasteiger partial charge >= 0.3 is 0 Å². The third-order valence-electron chi connectivity index (χ3n) is 3.31. The van der Waals surface area contributed by atoms with Crippen LogP contribution in [0.3, 0.4) is 0 Å². The predicted molar refractivity (Wildman–Crippen MR) is 66.4 cm³/mol. The summed E-state index contributed by atoms with van der Waals surface area (Å²) in [5.74, 6) is 3.12. The lowest BCUT2D eigenvalue weighted by Gasteiger charge is -2.21. The van der Waals surface area contributed by atoms with E-state index in [1.54, 1.807) is 12.1 Å². The zero-order valence-corrected chi connectivity index (χ0v) is 9.92. The van der Waals surface area contributed by atoms with Crippen molar-refractivity contribution in [3.8, 4) is 18.1 Å². The van der Waals surface area contributed by atoms with Crippen LogP contribution in [0, 0.1) is 24.1 Å². The van der Waals surface area contributed by atoms with Crippen LogP contribution in [0.25, 0.3) is 0 Å². The topological polar surface area (TPSA) is 9.23 Å². The van der Waals surface area contributed by atoms with Gasteiger partial charge in [-0.05, 0) is 30.9 Å². The first kappa shape index (κ1) is 12.0. The van der Waals surface area contributed by atoms with E-state index in [-0.39, 0.29) is 11.4 Å². The van der Waals surface area contributed by atoms with E-state index < -0.39 is 0 Å². The average molecular weight is 232 g/mol. The average Bonchev–Trinajstić information content (AvgIpc) is 2.38. The SMILES string of the molecule is C#Cc1ccc(OCC2CCCCC2)cc1F. The highest BCUT2D eigenvalue weighted by molar-refractivity contribution is 5.38. The molecule has 1 aromatic carbocycles. The Morgan fingerprint density at radius 2 is 2.06 bits per heavy atom. The Balaban J connectivity index is 1.90. The van der Waals surface area contributed by atoms with Gasteiger partial charge in [0.15, 0.2) is 0 Å². The summed E-state index contributed by atoms with van der Waals surface area (Å²) < 4.78 is 19.0. The normalized spacial score (nSPS) is 16.5. The highest BCUT2D eigenvalue weighted by Crippen LogP contribution is 2.25. The second-order valence-electron chi connectivity index (χ2n) is 4.60. The van der Waals surface area contributed by atoms with Gasteiger partial charge in [0.25, 0.3) is 0 Å². The van der Waals surface area contributed by atoms with Crippen LogP contribution in [0.15, 0.2) is 18.2 Å². The minimum Gasteiger partial charge on any atom is -0.493 e. The zero-order valence-electron chi connectivity index (χ0n) is 9.92. The molecule has 1 aliphatic carbocycles. The largest absolute Gasteiger partial charge is 0.493 e. The van der Waals surface area contributed by atoms with Gasteiger partial charge in [-0.15, -0.1) is 6.42 Å². The van der Waals surface area contributed by atoms with Crippen LogP contribution in [-0.4, -0.2) is 6.61 Å². The van der Waals surface area contributed by atoms with Crippen molar-refractivity contribution in [2.45, 2.75) is 32.1 Å². The van der Waals surface area contributed by atoms with Crippen LogP contribution in [0.4, 0.5) is 4.39 Å². The summed E-state index contributed by atoms with van der Waals surface area (Å²) in [6, 6.07) is 4.70. The van der Waals surface area contributed by atoms with Gasteiger partial charge in [0.1, 0.15) is 11.6 Å². The maximum absolute atomic E-state index is 13.4. The van der Waals surface area contributed by atoms with E-state index >= 15 is 0 Å². The summed E-state index contributed by atoms with van der Waals surface area (Å²) >= 11 is 0. The number of benzene rings is 1. The number of rotatable bonds is 3. The standard InChI is InChI=1S/C15H17FO/c1-2-13-8-9-14(10-15(13)16)17-11-12-6-4-3-5-7-12/h1,8-10,12H,3-7,11H2. The molecule has 0 unspecified atom stereocenters. The lowest BCUT2D eigenvalue weighted by molar-refractivity contribution is 0.208. The molecule has 1 nitrogen and oxygen atoms in total. The van der Waals surface area contributed by atoms with Gasteiger partial charge in [-0.3, -0.25) is 0 Å². The Morgan fingerprint density at radius 3 is 2.71 bits per heavy atom. The molecule has 0 aromatic heterocycles. The van der Waals surface area contributed by atoms with Crippen LogP contribution in [-0.2, 0) is 0 Å². The fourth-order valence-electron chi connectivity index (χ4n) is 2.27. The predicted octanol–water partition coefficient (Wildman–Crippen LogP) is 3.77. The van der Waals surface area contributed by atoms with Crippen LogP contribution in [0.2, 0.25) is 0 Å². The molecule has 0 saturated heterocycles. The molecule has 2 heteroatoms. The number of hydrogen-bond acceptors (Lipinski definition) is 1. The maximum atomic E-state index is 13.4. The van der Waals surface area contributed by atoms with Gasteiger partial charge < -0.3 is 4.74 Å². The third kappa shape index (κ3) is 3.23. The van der Waals surface area contributed by atoms with Gasteiger partial charge in [-0.2, -0.15) is 0 Å². The van der Waals surface area contributed by atoms with Crippen molar-refractivity contribution in [3.05, 3.63) is 29.6 Å². The Bertz CT molecular complexity index is 413. The molecule has 90 valence electrons. The van der Waals surface area contributed by atoms with E-state index in [9.17, 15) is 4.39 Å². The molecule has 0 heterocycles. The Hall–Kier alpha value is -1.49. The molecule has 1 aliphatic rings. The molecule has 0 aliphatic heterocycles. The van der Waals surface area contributed by atoms with Crippen molar-refractivity contribution in [3.63, 3.8) is 0 Å². The first-order valence-electron chi connectivity index (χ1n) is 6.18. The Morgan fingerprint density at radius 1 is 1.29 bits per heavy atom. The molecule has 0 bridgehead atoms. The van der Waals surface area contributed by atoms with Crippen LogP contribution in [0.1, 0.15) is 37.7 Å². The van der Waals surface area contributed by atoms with Crippen molar-refractivity contribution in [2.75, 3.05) is 6.61 Å². The highest BCUT2D eigenvalue weighted by atomic mass is 19.1. The van der Waals surface area contributed by atoms with Crippen molar-refractivity contribution < 1.29 is 9.13 Å². The molecular weight excluding hydrogens is 215 g/mol. The quantitative estimate of drug-likeness (QED) is 0.721. The monoisotopic (exact) mass is 232 g/mol. The van der Waals surface area contributed by atoms with E-state index in [0.29, 0.717) is 18.3 Å². The zero-order chi connectivity index (χ0) is 12.1. The van der Waals surface area contributed by atoms with Crippen LogP contribution < -0.4 is 4.74 Å². The molecule has 1 aromatic rings. The third-order valence-corrected chi connectivity index (χ3v) is 3.31. The fourth-order valence-corrected chi connectivity index (χ4v) is 2.27. The minimum absolute atomic E-state index is 0.287. The lowest BCUT2D eigenvalue weighted by Crippen LogP contribution is -2.15. The van der Waals surface area contributed by atoms with Crippen LogP contribution in [0.5, 0.6) is 5.75 Å². The molecule has 0 radical (unpaired) electrons. The first-order chi connectivity index (χ1) is 8.29. The van der Waals surface area contributed by atoms with E-state index in [0.717, 1.165) is 0 Å². The summed E-state index contributed by atoms with van der Waals surface area (Å²) in [7, 11) is 0. The van der Waals surface area contributed by atoms with Gasteiger partial charge in [0, 0.05) is 6.07 Å². The second-order valence-corrected chi connectivity index (χ2v) is 4.60. The molecule has 17 heavy (non-hydrogen) atoms. The van der Waals surface area contributed by atoms with E-state index in [1.165, 1.54) is 38.2 Å². The van der Waals surface area contributed by atoms with Gasteiger partial charge in [-0.25, -0.2) is 4.39 Å². The van der Waals surface area contributed by atoms with Crippen molar-refractivity contribution >= 4 is 0 Å². The number of hydrogen-bond donors (Lipinski definition) is 0. The lowest BCUT2D eigenvalue weighted by atomic mass is 9.90. The summed E-state index contributed by atoms with van der Waals surface area (Å²) in [5.41, 5.74) is 0.287. The minimum atomic E-state index is -0.381. The summed E-state index contributed by atoms with van der Waals surface area (Å²) in [6.07, 6.45) is 11.5. The molecule has 1 fully saturated rings. The Kier molecular flexibility index (Phi) is 4.03. The van der Waals surface area contributed by atoms with Gasteiger partial charge in [0.05, 0.1) is 12.2 Å². The first-order valence-corrected chi connectivity index (χ1v) is 6.18. The fraction of sp³-hybridized carbons (Fsp3) is 0.467. The number of ether oxygens (including phenoxy) is 1. The van der Waals surface area contributed by atoms with E-state index in [1.807, 2.05) is 0 Å². The number of halogens is 1. The van der Waals surface area contributed by atoms with E-state index in [4.69, 9.17) is 11.2 Å². The van der Waals surface area contributed by atoms with Gasteiger partial charge in [0.2, 0.25) is 0 Å². The smallest absolute Gasteiger partial charge is 0.142 e. The molecule has 0 N–H and O–H groups in total. The van der Waals surface area contributed by atoms with Crippen molar-refractivity contribution in [1.82, 2.24) is 0 Å². The molecular formula is C15H17FO. The summed E-state index contributed by atoms with van der Waals surface area (Å²) in [6.45, 7) is 0.689. The molecule has 0 atom stereocenters. The van der Waals surface area contributed by atoms with Crippen molar-refractivity contribution in [1.29, 1.82) is 0 Å². The Labute approximate surface area is 102 Å². The molecule has 1 saturated carbocycles. The van der Waals surface area contributed by atoms with Gasteiger partial charge in [-0.1, -0.05) is 25.2 Å². The summed E-state index contributed by atoms with van der Waals surface area (Å²) in [4.78, 5) is 0. The van der Waals surface area contributed by atoms with Crippen LogP contribution >= 0.6 is 0 Å². The molecule has 2 rings (SSSR count). The highest BCUT2D eigenvalue weighted by Gasteiger charge is 2.14. The number of terminal acetylenes is 1. The molecule has 0 spiro atoms.